The zero-order valence-corrected chi connectivity index (χ0v) is 15.3. The van der Waals surface area contributed by atoms with Gasteiger partial charge in [-0.3, -0.25) is 4.79 Å². The van der Waals surface area contributed by atoms with Gasteiger partial charge >= 0.3 is 0 Å². The minimum absolute atomic E-state index is 0.105. The van der Waals surface area contributed by atoms with Crippen molar-refractivity contribution in [3.63, 3.8) is 0 Å². The molecule has 1 heterocycles. The number of nitrogens with zero attached hydrogens (tertiary/aromatic N) is 1. The molecule has 0 aromatic heterocycles. The lowest BCUT2D eigenvalue weighted by atomic mass is 10.2. The lowest BCUT2D eigenvalue weighted by molar-refractivity contribution is -0.118. The van der Waals surface area contributed by atoms with E-state index < -0.39 is 0 Å². The standard InChI is InChI=1S/C19H21ClN2O4/c1-24-18-7-4-15(22-8-10-25-11-9-22)12-17(18)21-19(23)13-26-16-5-2-14(20)3-6-16/h2-7,12H,8-11,13H2,1H3,(H,21,23). The largest absolute Gasteiger partial charge is 0.495 e. The Kier molecular flexibility index (Phi) is 6.20. The maximum Gasteiger partial charge on any atom is 0.262 e. The van der Waals surface area contributed by atoms with Crippen LogP contribution in [0.5, 0.6) is 11.5 Å². The van der Waals surface area contributed by atoms with Crippen LogP contribution in [0.2, 0.25) is 5.02 Å². The van der Waals surface area contributed by atoms with Gasteiger partial charge in [-0.15, -0.1) is 0 Å². The van der Waals surface area contributed by atoms with Crippen LogP contribution in [0, 0.1) is 0 Å². The average molecular weight is 377 g/mol. The van der Waals surface area contributed by atoms with E-state index in [2.05, 4.69) is 10.2 Å². The van der Waals surface area contributed by atoms with Crippen molar-refractivity contribution in [3.05, 3.63) is 47.5 Å². The van der Waals surface area contributed by atoms with E-state index in [1.165, 1.54) is 0 Å². The highest BCUT2D eigenvalue weighted by Gasteiger charge is 2.15. The number of amides is 1. The molecule has 1 amide bonds. The first-order chi connectivity index (χ1) is 12.7. The topological polar surface area (TPSA) is 60.0 Å². The van der Waals surface area contributed by atoms with Crippen molar-refractivity contribution >= 4 is 28.9 Å². The number of benzene rings is 2. The first-order valence-corrected chi connectivity index (χ1v) is 8.72. The first kappa shape index (κ1) is 18.4. The Labute approximate surface area is 157 Å². The first-order valence-electron chi connectivity index (χ1n) is 8.34. The third-order valence-corrected chi connectivity index (χ3v) is 4.27. The molecule has 138 valence electrons. The van der Waals surface area contributed by atoms with Crippen molar-refractivity contribution in [2.45, 2.75) is 0 Å². The molecule has 1 saturated heterocycles. The summed E-state index contributed by atoms with van der Waals surface area (Å²) in [5.74, 6) is 0.915. The minimum atomic E-state index is -0.266. The molecule has 2 aromatic rings. The highest BCUT2D eigenvalue weighted by Crippen LogP contribution is 2.30. The van der Waals surface area contributed by atoms with Crippen LogP contribution in [-0.2, 0) is 9.53 Å². The summed E-state index contributed by atoms with van der Waals surface area (Å²) >= 11 is 5.83. The summed E-state index contributed by atoms with van der Waals surface area (Å²) in [5, 5.41) is 3.47. The number of carbonyl (C=O) groups excluding carboxylic acids is 1. The molecule has 0 atom stereocenters. The number of morpholine rings is 1. The van der Waals surface area contributed by atoms with Crippen LogP contribution in [-0.4, -0.2) is 45.9 Å². The molecular formula is C19H21ClN2O4. The Bertz CT molecular complexity index is 746. The summed E-state index contributed by atoms with van der Waals surface area (Å²) in [4.78, 5) is 14.5. The predicted molar refractivity (Wildman–Crippen MR) is 102 cm³/mol. The molecular weight excluding hydrogens is 356 g/mol. The summed E-state index contributed by atoms with van der Waals surface area (Å²) in [6.07, 6.45) is 0. The molecule has 0 bridgehead atoms. The number of anilines is 2. The van der Waals surface area contributed by atoms with Crippen LogP contribution in [0.4, 0.5) is 11.4 Å². The van der Waals surface area contributed by atoms with Gasteiger partial charge in [0.25, 0.3) is 5.91 Å². The number of hydrogen-bond acceptors (Lipinski definition) is 5. The van der Waals surface area contributed by atoms with E-state index in [0.29, 0.717) is 35.4 Å². The summed E-state index contributed by atoms with van der Waals surface area (Å²) in [6.45, 7) is 2.93. The van der Waals surface area contributed by atoms with E-state index >= 15 is 0 Å². The summed E-state index contributed by atoms with van der Waals surface area (Å²) in [6, 6.07) is 12.6. The van der Waals surface area contributed by atoms with Crippen molar-refractivity contribution < 1.29 is 19.0 Å². The van der Waals surface area contributed by atoms with Gasteiger partial charge in [0.15, 0.2) is 6.61 Å². The maximum absolute atomic E-state index is 12.3. The number of nitrogens with one attached hydrogen (secondary N) is 1. The Balaban J connectivity index is 1.64. The minimum Gasteiger partial charge on any atom is -0.495 e. The molecule has 1 aliphatic rings. The third kappa shape index (κ3) is 4.80. The summed E-state index contributed by atoms with van der Waals surface area (Å²) in [7, 11) is 1.57. The molecule has 1 N–H and O–H groups in total. The second-order valence-electron chi connectivity index (χ2n) is 5.77. The molecule has 2 aromatic carbocycles. The van der Waals surface area contributed by atoms with E-state index in [1.54, 1.807) is 31.4 Å². The van der Waals surface area contributed by atoms with Crippen LogP contribution in [0.1, 0.15) is 0 Å². The molecule has 0 radical (unpaired) electrons. The fourth-order valence-corrected chi connectivity index (χ4v) is 2.80. The number of ether oxygens (including phenoxy) is 3. The smallest absolute Gasteiger partial charge is 0.262 e. The lowest BCUT2D eigenvalue weighted by Crippen LogP contribution is -2.36. The lowest BCUT2D eigenvalue weighted by Gasteiger charge is -2.29. The molecule has 1 fully saturated rings. The average Bonchev–Trinajstić information content (AvgIpc) is 2.68. The fourth-order valence-electron chi connectivity index (χ4n) is 2.68. The second-order valence-corrected chi connectivity index (χ2v) is 6.21. The number of hydrogen-bond donors (Lipinski definition) is 1. The summed E-state index contributed by atoms with van der Waals surface area (Å²) in [5.41, 5.74) is 1.63. The van der Waals surface area contributed by atoms with Gasteiger partial charge in [-0.05, 0) is 42.5 Å². The van der Waals surface area contributed by atoms with Gasteiger partial charge in [0.1, 0.15) is 11.5 Å². The van der Waals surface area contributed by atoms with Gasteiger partial charge in [-0.2, -0.15) is 0 Å². The Hall–Kier alpha value is -2.44. The quantitative estimate of drug-likeness (QED) is 0.838. The zero-order chi connectivity index (χ0) is 18.4. The second kappa shape index (κ2) is 8.78. The van der Waals surface area contributed by atoms with Crippen molar-refractivity contribution in [1.82, 2.24) is 0 Å². The molecule has 6 nitrogen and oxygen atoms in total. The third-order valence-electron chi connectivity index (χ3n) is 4.02. The van der Waals surface area contributed by atoms with Crippen molar-refractivity contribution in [2.75, 3.05) is 50.2 Å². The normalized spacial score (nSPS) is 14.0. The summed E-state index contributed by atoms with van der Waals surface area (Å²) < 4.78 is 16.2. The monoisotopic (exact) mass is 376 g/mol. The van der Waals surface area contributed by atoms with E-state index in [-0.39, 0.29) is 12.5 Å². The fraction of sp³-hybridized carbons (Fsp3) is 0.316. The Morgan fingerprint density at radius 2 is 1.92 bits per heavy atom. The molecule has 0 aliphatic carbocycles. The van der Waals surface area contributed by atoms with Gasteiger partial charge in [0.2, 0.25) is 0 Å². The van der Waals surface area contributed by atoms with Crippen LogP contribution in [0.15, 0.2) is 42.5 Å². The molecule has 0 saturated carbocycles. The Morgan fingerprint density at radius 1 is 1.19 bits per heavy atom. The molecule has 0 spiro atoms. The van der Waals surface area contributed by atoms with Crippen LogP contribution in [0.25, 0.3) is 0 Å². The van der Waals surface area contributed by atoms with E-state index in [0.717, 1.165) is 18.8 Å². The van der Waals surface area contributed by atoms with Gasteiger partial charge in [-0.25, -0.2) is 0 Å². The van der Waals surface area contributed by atoms with Gasteiger partial charge in [0.05, 0.1) is 26.0 Å². The van der Waals surface area contributed by atoms with Crippen molar-refractivity contribution in [1.29, 1.82) is 0 Å². The van der Waals surface area contributed by atoms with Crippen LogP contribution < -0.4 is 19.7 Å². The van der Waals surface area contributed by atoms with Crippen LogP contribution >= 0.6 is 11.6 Å². The number of halogens is 1. The van der Waals surface area contributed by atoms with Gasteiger partial charge in [0, 0.05) is 23.8 Å². The zero-order valence-electron chi connectivity index (χ0n) is 14.5. The van der Waals surface area contributed by atoms with Gasteiger partial charge in [-0.1, -0.05) is 11.6 Å². The number of carbonyl (C=O) groups is 1. The van der Waals surface area contributed by atoms with Crippen LogP contribution in [0.3, 0.4) is 0 Å². The van der Waals surface area contributed by atoms with E-state index in [1.807, 2.05) is 18.2 Å². The highest BCUT2D eigenvalue weighted by atomic mass is 35.5. The number of methoxy groups -OCH3 is 1. The predicted octanol–water partition coefficient (Wildman–Crippen LogP) is 3.20. The highest BCUT2D eigenvalue weighted by molar-refractivity contribution is 6.30. The molecule has 3 rings (SSSR count). The van der Waals surface area contributed by atoms with E-state index in [9.17, 15) is 4.79 Å². The number of rotatable bonds is 6. The molecule has 1 aliphatic heterocycles. The molecule has 7 heteroatoms. The van der Waals surface area contributed by atoms with Crippen molar-refractivity contribution in [3.8, 4) is 11.5 Å². The molecule has 0 unspecified atom stereocenters. The van der Waals surface area contributed by atoms with Crippen molar-refractivity contribution in [2.24, 2.45) is 0 Å². The molecule has 26 heavy (non-hydrogen) atoms. The Morgan fingerprint density at radius 3 is 2.62 bits per heavy atom. The SMILES string of the molecule is COc1ccc(N2CCOCC2)cc1NC(=O)COc1ccc(Cl)cc1. The maximum atomic E-state index is 12.3. The van der Waals surface area contributed by atoms with E-state index in [4.69, 9.17) is 25.8 Å². The van der Waals surface area contributed by atoms with Gasteiger partial charge < -0.3 is 24.4 Å².